The number of ether oxygens (including phenoxy) is 1. The summed E-state index contributed by atoms with van der Waals surface area (Å²) in [5.41, 5.74) is 2.23. The first-order chi connectivity index (χ1) is 15.6. The Bertz CT molecular complexity index is 1030. The molecular formula is C25H30N2O3S2. The summed E-state index contributed by atoms with van der Waals surface area (Å²) in [6.45, 7) is 2.61. The molecule has 1 unspecified atom stereocenters. The number of carbonyl (C=O) groups is 1. The minimum absolute atomic E-state index is 0.247. The van der Waals surface area contributed by atoms with Gasteiger partial charge in [-0.2, -0.15) is 0 Å². The minimum atomic E-state index is -0.648. The lowest BCUT2D eigenvalue weighted by atomic mass is 9.81. The fourth-order valence-corrected chi connectivity index (χ4v) is 6.46. The number of fused-ring (bicyclic) bond motifs is 1. The molecule has 170 valence electrons. The number of piperidine rings is 1. The van der Waals surface area contributed by atoms with E-state index in [2.05, 4.69) is 33.5 Å². The molecule has 2 atom stereocenters. The lowest BCUT2D eigenvalue weighted by molar-refractivity contribution is -0.146. The first-order valence-electron chi connectivity index (χ1n) is 11.2. The number of rotatable bonds is 10. The van der Waals surface area contributed by atoms with E-state index in [0.29, 0.717) is 6.54 Å². The van der Waals surface area contributed by atoms with Gasteiger partial charge in [-0.15, -0.1) is 23.1 Å². The zero-order chi connectivity index (χ0) is 22.3. The summed E-state index contributed by atoms with van der Waals surface area (Å²) in [6, 6.07) is 12.5. The van der Waals surface area contributed by atoms with E-state index in [1.54, 1.807) is 24.6 Å². The van der Waals surface area contributed by atoms with Crippen molar-refractivity contribution >= 4 is 40.0 Å². The Morgan fingerprint density at radius 1 is 1.34 bits per heavy atom. The molecule has 0 radical (unpaired) electrons. The number of benzene rings is 1. The predicted octanol–water partition coefficient (Wildman–Crippen LogP) is 5.44. The SMILES string of the molecule is COc1cnc2cccc(CCCC3CCN(CCSc4cccs4)C[C@@H]3C(=O)O)c2c1. The van der Waals surface area contributed by atoms with Gasteiger partial charge in [-0.05, 0) is 67.3 Å². The smallest absolute Gasteiger partial charge is 0.308 e. The van der Waals surface area contributed by atoms with Gasteiger partial charge in [0.15, 0.2) is 0 Å². The number of aryl methyl sites for hydroxylation is 1. The van der Waals surface area contributed by atoms with Gasteiger partial charge >= 0.3 is 5.97 Å². The molecule has 1 saturated heterocycles. The standard InChI is InChI=1S/C25H30N2O3S2/c1-30-20-15-21-18(7-3-8-23(21)26-16-20)5-2-6-19-10-11-27(17-22(19)25(28)29)12-14-32-24-9-4-13-31-24/h3-4,7-9,13,15-16,19,22H,2,5-6,10-12,14,17H2,1H3,(H,28,29)/t19?,22-/m0/s1. The number of pyridine rings is 1. The second-order valence-electron chi connectivity index (χ2n) is 8.33. The Kier molecular flexibility index (Phi) is 8.05. The fraction of sp³-hybridized carbons (Fsp3) is 0.440. The third-order valence-corrected chi connectivity index (χ3v) is 8.46. The Morgan fingerprint density at radius 3 is 3.03 bits per heavy atom. The Hall–Kier alpha value is -2.09. The highest BCUT2D eigenvalue weighted by Crippen LogP contribution is 2.31. The maximum Gasteiger partial charge on any atom is 0.308 e. The fourth-order valence-electron chi connectivity index (χ4n) is 4.59. The van der Waals surface area contributed by atoms with E-state index >= 15 is 0 Å². The van der Waals surface area contributed by atoms with Crippen LogP contribution < -0.4 is 4.74 Å². The molecule has 1 fully saturated rings. The maximum absolute atomic E-state index is 12.0. The van der Waals surface area contributed by atoms with Crippen molar-refractivity contribution in [3.8, 4) is 5.75 Å². The topological polar surface area (TPSA) is 62.7 Å². The number of likely N-dealkylation sites (tertiary alicyclic amines) is 1. The molecule has 1 N–H and O–H groups in total. The summed E-state index contributed by atoms with van der Waals surface area (Å²) in [5.74, 6) is 1.10. The number of carboxylic acids is 1. The number of hydrogen-bond donors (Lipinski definition) is 1. The van der Waals surface area contributed by atoms with E-state index in [0.717, 1.165) is 61.2 Å². The van der Waals surface area contributed by atoms with Crippen molar-refractivity contribution in [1.82, 2.24) is 9.88 Å². The van der Waals surface area contributed by atoms with Crippen LogP contribution in [0.4, 0.5) is 0 Å². The van der Waals surface area contributed by atoms with Crippen LogP contribution in [0.2, 0.25) is 0 Å². The largest absolute Gasteiger partial charge is 0.495 e. The molecule has 1 aliphatic rings. The average Bonchev–Trinajstić information content (AvgIpc) is 3.33. The van der Waals surface area contributed by atoms with Crippen LogP contribution >= 0.6 is 23.1 Å². The first kappa shape index (κ1) is 23.1. The summed E-state index contributed by atoms with van der Waals surface area (Å²) in [7, 11) is 1.66. The van der Waals surface area contributed by atoms with Gasteiger partial charge in [-0.1, -0.05) is 18.2 Å². The number of carboxylic acid groups (broad SMARTS) is 1. The van der Waals surface area contributed by atoms with Crippen LogP contribution in [0, 0.1) is 11.8 Å². The van der Waals surface area contributed by atoms with Crippen LogP contribution in [0.25, 0.3) is 10.9 Å². The van der Waals surface area contributed by atoms with E-state index in [1.165, 1.54) is 9.77 Å². The van der Waals surface area contributed by atoms with Gasteiger partial charge < -0.3 is 14.7 Å². The van der Waals surface area contributed by atoms with Crippen molar-refractivity contribution in [1.29, 1.82) is 0 Å². The lowest BCUT2D eigenvalue weighted by Crippen LogP contribution is -2.44. The van der Waals surface area contributed by atoms with Crippen molar-refractivity contribution in [3.63, 3.8) is 0 Å². The predicted molar refractivity (Wildman–Crippen MR) is 132 cm³/mol. The number of aromatic nitrogens is 1. The van der Waals surface area contributed by atoms with Gasteiger partial charge in [-0.3, -0.25) is 9.78 Å². The summed E-state index contributed by atoms with van der Waals surface area (Å²) >= 11 is 3.63. The van der Waals surface area contributed by atoms with Crippen molar-refractivity contribution in [2.45, 2.75) is 29.9 Å². The third-order valence-electron chi connectivity index (χ3n) is 6.35. The normalized spacial score (nSPS) is 19.3. The molecule has 1 aromatic carbocycles. The first-order valence-corrected chi connectivity index (χ1v) is 13.0. The minimum Gasteiger partial charge on any atom is -0.495 e. The number of nitrogens with zero attached hydrogens (tertiary/aromatic N) is 2. The molecule has 0 saturated carbocycles. The van der Waals surface area contributed by atoms with Crippen LogP contribution in [0.1, 0.15) is 24.8 Å². The second-order valence-corrected chi connectivity index (χ2v) is 10.7. The monoisotopic (exact) mass is 470 g/mol. The molecule has 0 bridgehead atoms. The summed E-state index contributed by atoms with van der Waals surface area (Å²) in [6.07, 6.45) is 5.57. The zero-order valence-electron chi connectivity index (χ0n) is 18.4. The van der Waals surface area contributed by atoms with Gasteiger partial charge in [-0.25, -0.2) is 0 Å². The number of thiophene rings is 1. The van der Waals surface area contributed by atoms with Crippen molar-refractivity contribution in [3.05, 3.63) is 53.5 Å². The highest BCUT2D eigenvalue weighted by Gasteiger charge is 2.33. The highest BCUT2D eigenvalue weighted by molar-refractivity contribution is 8.01. The molecule has 32 heavy (non-hydrogen) atoms. The van der Waals surface area contributed by atoms with E-state index in [1.807, 2.05) is 30.0 Å². The van der Waals surface area contributed by atoms with Crippen LogP contribution in [0.3, 0.4) is 0 Å². The quantitative estimate of drug-likeness (QED) is 0.398. The van der Waals surface area contributed by atoms with Gasteiger partial charge in [0.25, 0.3) is 0 Å². The molecular weight excluding hydrogens is 440 g/mol. The molecule has 3 aromatic rings. The number of aliphatic carboxylic acids is 1. The van der Waals surface area contributed by atoms with E-state index < -0.39 is 5.97 Å². The van der Waals surface area contributed by atoms with E-state index in [4.69, 9.17) is 4.74 Å². The highest BCUT2D eigenvalue weighted by atomic mass is 32.2. The lowest BCUT2D eigenvalue weighted by Gasteiger charge is -2.36. The second kappa shape index (κ2) is 11.2. The van der Waals surface area contributed by atoms with Crippen molar-refractivity contribution in [2.75, 3.05) is 32.5 Å². The van der Waals surface area contributed by atoms with E-state index in [-0.39, 0.29) is 11.8 Å². The molecule has 0 aliphatic carbocycles. The van der Waals surface area contributed by atoms with Gasteiger partial charge in [0, 0.05) is 24.2 Å². The summed E-state index contributed by atoms with van der Waals surface area (Å²) in [4.78, 5) is 18.8. The average molecular weight is 471 g/mol. The molecule has 0 amide bonds. The van der Waals surface area contributed by atoms with Crippen molar-refractivity contribution in [2.24, 2.45) is 11.8 Å². The van der Waals surface area contributed by atoms with E-state index in [9.17, 15) is 9.90 Å². The molecule has 5 nitrogen and oxygen atoms in total. The van der Waals surface area contributed by atoms with Gasteiger partial charge in [0.2, 0.25) is 0 Å². The van der Waals surface area contributed by atoms with Gasteiger partial charge in [0.1, 0.15) is 5.75 Å². The third kappa shape index (κ3) is 5.82. The number of thioether (sulfide) groups is 1. The van der Waals surface area contributed by atoms with Gasteiger partial charge in [0.05, 0.1) is 29.0 Å². The summed E-state index contributed by atoms with van der Waals surface area (Å²) in [5, 5.41) is 13.1. The molecule has 3 heterocycles. The summed E-state index contributed by atoms with van der Waals surface area (Å²) < 4.78 is 6.67. The van der Waals surface area contributed by atoms with Crippen LogP contribution in [0.15, 0.2) is 52.2 Å². The Morgan fingerprint density at radius 2 is 2.25 bits per heavy atom. The molecule has 7 heteroatoms. The molecule has 0 spiro atoms. The number of hydrogen-bond acceptors (Lipinski definition) is 6. The molecule has 1 aliphatic heterocycles. The zero-order valence-corrected chi connectivity index (χ0v) is 20.0. The molecule has 2 aromatic heterocycles. The number of methoxy groups -OCH3 is 1. The van der Waals surface area contributed by atoms with Crippen LogP contribution in [-0.2, 0) is 11.2 Å². The Labute approximate surface area is 197 Å². The molecule has 4 rings (SSSR count). The van der Waals surface area contributed by atoms with Crippen LogP contribution in [0.5, 0.6) is 5.75 Å². The maximum atomic E-state index is 12.0. The van der Waals surface area contributed by atoms with Crippen molar-refractivity contribution < 1.29 is 14.6 Å². The van der Waals surface area contributed by atoms with Crippen LogP contribution in [-0.4, -0.2) is 53.5 Å². The Balaban J connectivity index is 1.30.